The minimum Gasteiger partial charge on any atom is -0.481 e. The maximum absolute atomic E-state index is 11.7. The van der Waals surface area contributed by atoms with Crippen LogP contribution in [-0.4, -0.2) is 59.4 Å². The second-order valence-corrected chi connectivity index (χ2v) is 6.00. The van der Waals surface area contributed by atoms with E-state index in [0.717, 1.165) is 11.8 Å². The van der Waals surface area contributed by atoms with E-state index in [4.69, 9.17) is 9.94 Å². The monoisotopic (exact) mass is 331 g/mol. The van der Waals surface area contributed by atoms with Crippen molar-refractivity contribution in [3.63, 3.8) is 0 Å². The van der Waals surface area contributed by atoms with E-state index in [1.165, 1.54) is 4.90 Å². The van der Waals surface area contributed by atoms with Crippen LogP contribution < -0.4 is 5.32 Å². The molecular weight excluding hydrogens is 310 g/mol. The van der Waals surface area contributed by atoms with Crippen LogP contribution in [0.2, 0.25) is 0 Å². The molecule has 0 aliphatic heterocycles. The average molecular weight is 331 g/mol. The molecule has 9 heteroatoms. The van der Waals surface area contributed by atoms with Gasteiger partial charge in [-0.3, -0.25) is 14.4 Å². The number of carbonyl (C=O) groups is 3. The predicted molar refractivity (Wildman–Crippen MR) is 82.6 cm³/mol. The molecule has 2 N–H and O–H groups in total. The van der Waals surface area contributed by atoms with Gasteiger partial charge in [0.15, 0.2) is 0 Å². The van der Waals surface area contributed by atoms with Crippen molar-refractivity contribution in [2.24, 2.45) is 11.1 Å². The third kappa shape index (κ3) is 5.55. The quantitative estimate of drug-likeness (QED) is 0.347. The van der Waals surface area contributed by atoms with Gasteiger partial charge in [-0.25, -0.2) is 4.79 Å². The molecule has 1 aliphatic rings. The van der Waals surface area contributed by atoms with Crippen molar-refractivity contribution in [2.45, 2.75) is 31.7 Å². The molecular formula is C13H21N3O5S. The summed E-state index contributed by atoms with van der Waals surface area (Å²) in [5.41, 5.74) is 0. The molecule has 0 aromatic heterocycles. The molecule has 124 valence electrons. The van der Waals surface area contributed by atoms with E-state index >= 15 is 0 Å². The zero-order valence-electron chi connectivity index (χ0n) is 12.9. The Morgan fingerprint density at radius 2 is 1.82 bits per heavy atom. The third-order valence-corrected chi connectivity index (χ3v) is 4.03. The Bertz CT molecular complexity index is 459. The largest absolute Gasteiger partial charge is 0.481 e. The standard InChI is InChI=1S/C13H21N3O5S/c1-16(2)11(17)10(22-3)15-21-13(20)14-9-6-4-8(5-7-9)12(18)19/h8-9H,4-7H2,1-3H3,(H,14,20)(H,18,19)/b15-10-. The van der Waals surface area contributed by atoms with Gasteiger partial charge in [0.1, 0.15) is 0 Å². The van der Waals surface area contributed by atoms with Crippen LogP contribution in [0.5, 0.6) is 0 Å². The Morgan fingerprint density at radius 1 is 1.23 bits per heavy atom. The lowest BCUT2D eigenvalue weighted by Gasteiger charge is -2.25. The average Bonchev–Trinajstić information content (AvgIpc) is 2.48. The van der Waals surface area contributed by atoms with Crippen LogP contribution >= 0.6 is 11.8 Å². The fourth-order valence-corrected chi connectivity index (χ4v) is 2.58. The smallest absolute Gasteiger partial charge is 0.433 e. The van der Waals surface area contributed by atoms with E-state index in [-0.39, 0.29) is 22.9 Å². The number of hydrogen-bond acceptors (Lipinski definition) is 6. The van der Waals surface area contributed by atoms with Gasteiger partial charge in [0.05, 0.1) is 5.92 Å². The molecule has 0 spiro atoms. The molecule has 0 unspecified atom stereocenters. The Balaban J connectivity index is 2.43. The van der Waals surface area contributed by atoms with Crippen molar-refractivity contribution < 1.29 is 24.3 Å². The zero-order valence-corrected chi connectivity index (χ0v) is 13.7. The number of carbonyl (C=O) groups excluding carboxylic acids is 2. The highest BCUT2D eigenvalue weighted by atomic mass is 32.2. The summed E-state index contributed by atoms with van der Waals surface area (Å²) in [6.45, 7) is 0. The number of rotatable bonds is 3. The topological polar surface area (TPSA) is 108 Å². The fourth-order valence-electron chi connectivity index (χ4n) is 2.12. The first-order valence-electron chi connectivity index (χ1n) is 6.89. The molecule has 8 nitrogen and oxygen atoms in total. The molecule has 1 saturated carbocycles. The van der Waals surface area contributed by atoms with Crippen LogP contribution in [0.1, 0.15) is 25.7 Å². The first kappa shape index (κ1) is 18.3. The van der Waals surface area contributed by atoms with Gasteiger partial charge in [-0.1, -0.05) is 5.16 Å². The van der Waals surface area contributed by atoms with Gasteiger partial charge < -0.3 is 15.3 Å². The molecule has 1 fully saturated rings. The van der Waals surface area contributed by atoms with Crippen LogP contribution in [0.25, 0.3) is 0 Å². The number of nitrogens with zero attached hydrogens (tertiary/aromatic N) is 2. The summed E-state index contributed by atoms with van der Waals surface area (Å²) in [5.74, 6) is -1.48. The molecule has 0 atom stereocenters. The summed E-state index contributed by atoms with van der Waals surface area (Å²) in [4.78, 5) is 40.2. The maximum Gasteiger partial charge on any atom is 0.433 e. The minimum absolute atomic E-state index is 0.0785. The lowest BCUT2D eigenvalue weighted by molar-refractivity contribution is -0.142. The van der Waals surface area contributed by atoms with Crippen molar-refractivity contribution in [1.29, 1.82) is 0 Å². The van der Waals surface area contributed by atoms with E-state index in [0.29, 0.717) is 25.7 Å². The molecule has 1 aliphatic carbocycles. The van der Waals surface area contributed by atoms with Crippen molar-refractivity contribution in [2.75, 3.05) is 20.4 Å². The highest BCUT2D eigenvalue weighted by Gasteiger charge is 2.27. The van der Waals surface area contributed by atoms with E-state index in [1.54, 1.807) is 20.4 Å². The first-order chi connectivity index (χ1) is 10.3. The number of hydrogen-bond donors (Lipinski definition) is 2. The molecule has 1 rings (SSSR count). The summed E-state index contributed by atoms with van der Waals surface area (Å²) in [5, 5.41) is 15.2. The van der Waals surface area contributed by atoms with Crippen molar-refractivity contribution in [3.05, 3.63) is 0 Å². The van der Waals surface area contributed by atoms with Crippen LogP contribution in [0.4, 0.5) is 4.79 Å². The molecule has 22 heavy (non-hydrogen) atoms. The number of thioether (sulfide) groups is 1. The number of amides is 2. The second-order valence-electron chi connectivity index (χ2n) is 5.21. The molecule has 0 aromatic carbocycles. The molecule has 0 aromatic rings. The Hall–Kier alpha value is -1.77. The number of carboxylic acid groups (broad SMARTS) is 1. The third-order valence-electron chi connectivity index (χ3n) is 3.39. The van der Waals surface area contributed by atoms with Crippen molar-refractivity contribution in [3.8, 4) is 0 Å². The molecule has 0 radical (unpaired) electrons. The minimum atomic E-state index is -0.794. The normalized spacial score (nSPS) is 21.9. The second kappa shape index (κ2) is 8.62. The van der Waals surface area contributed by atoms with E-state index in [2.05, 4.69) is 10.5 Å². The van der Waals surface area contributed by atoms with Crippen molar-refractivity contribution >= 4 is 34.8 Å². The summed E-state index contributed by atoms with van der Waals surface area (Å²) in [6, 6.07) is -0.124. The lowest BCUT2D eigenvalue weighted by Crippen LogP contribution is -2.38. The Kier molecular flexibility index (Phi) is 7.16. The Morgan fingerprint density at radius 3 is 2.27 bits per heavy atom. The maximum atomic E-state index is 11.7. The molecule has 2 amide bonds. The highest BCUT2D eigenvalue weighted by molar-refractivity contribution is 8.15. The van der Waals surface area contributed by atoms with Crippen LogP contribution in [0, 0.1) is 5.92 Å². The van der Waals surface area contributed by atoms with E-state index in [9.17, 15) is 14.4 Å². The summed E-state index contributed by atoms with van der Waals surface area (Å²) in [6.07, 6.45) is 3.15. The van der Waals surface area contributed by atoms with E-state index in [1.807, 2.05) is 0 Å². The number of aliphatic carboxylic acids is 1. The van der Waals surface area contributed by atoms with Crippen LogP contribution in [0.3, 0.4) is 0 Å². The molecule has 0 bridgehead atoms. The fraction of sp³-hybridized carbons (Fsp3) is 0.692. The van der Waals surface area contributed by atoms with Gasteiger partial charge in [-0.2, -0.15) is 0 Å². The van der Waals surface area contributed by atoms with Gasteiger partial charge in [-0.05, 0) is 31.9 Å². The number of carboxylic acids is 1. The van der Waals surface area contributed by atoms with E-state index < -0.39 is 12.1 Å². The lowest BCUT2D eigenvalue weighted by atomic mass is 9.86. The van der Waals surface area contributed by atoms with Gasteiger partial charge in [0, 0.05) is 20.1 Å². The number of nitrogens with one attached hydrogen (secondary N) is 1. The van der Waals surface area contributed by atoms with Gasteiger partial charge in [0.25, 0.3) is 5.91 Å². The van der Waals surface area contributed by atoms with Crippen LogP contribution in [0.15, 0.2) is 5.16 Å². The van der Waals surface area contributed by atoms with Gasteiger partial charge in [-0.15, -0.1) is 11.8 Å². The van der Waals surface area contributed by atoms with Crippen molar-refractivity contribution in [1.82, 2.24) is 10.2 Å². The SMILES string of the molecule is CS/C(=N\OC(=O)NC1CCC(C(=O)O)CC1)C(=O)N(C)C. The summed E-state index contributed by atoms with van der Waals surface area (Å²) < 4.78 is 0. The number of oxime groups is 1. The Labute approximate surface area is 133 Å². The molecule has 0 saturated heterocycles. The highest BCUT2D eigenvalue weighted by Crippen LogP contribution is 2.24. The van der Waals surface area contributed by atoms with Crippen LogP contribution in [-0.2, 0) is 14.4 Å². The van der Waals surface area contributed by atoms with Gasteiger partial charge in [0.2, 0.25) is 5.04 Å². The summed E-state index contributed by atoms with van der Waals surface area (Å²) in [7, 11) is 3.16. The first-order valence-corrected chi connectivity index (χ1v) is 8.11. The molecule has 0 heterocycles. The van der Waals surface area contributed by atoms with Gasteiger partial charge >= 0.3 is 12.1 Å². The summed E-state index contributed by atoms with van der Waals surface area (Å²) >= 11 is 1.09. The predicted octanol–water partition coefficient (Wildman–Crippen LogP) is 1.12. The zero-order chi connectivity index (χ0) is 16.7.